The molecule has 1 aromatic heterocycles. The van der Waals surface area contributed by atoms with Gasteiger partial charge in [-0.25, -0.2) is 0 Å². The fourth-order valence-electron chi connectivity index (χ4n) is 2.80. The third-order valence-electron chi connectivity index (χ3n) is 4.15. The lowest BCUT2D eigenvalue weighted by Crippen LogP contribution is -2.29. The van der Waals surface area contributed by atoms with Crippen LogP contribution in [0.5, 0.6) is 0 Å². The first-order valence-corrected chi connectivity index (χ1v) is 8.85. The third-order valence-corrected chi connectivity index (χ3v) is 4.38. The number of hydrogen-bond acceptors (Lipinski definition) is 3. The number of nitrogens with zero attached hydrogens (tertiary/aromatic N) is 2. The zero-order chi connectivity index (χ0) is 19.4. The number of nitrogens with one attached hydrogen (secondary N) is 1. The van der Waals surface area contributed by atoms with Gasteiger partial charge < -0.3 is 14.8 Å². The largest absolute Gasteiger partial charge is 0.376 e. The number of halogens is 1. The second kappa shape index (κ2) is 8.10. The average molecular weight is 382 g/mol. The van der Waals surface area contributed by atoms with Crippen molar-refractivity contribution in [2.75, 3.05) is 24.3 Å². The molecule has 0 saturated carbocycles. The van der Waals surface area contributed by atoms with Crippen molar-refractivity contribution < 1.29 is 4.79 Å². The van der Waals surface area contributed by atoms with Crippen molar-refractivity contribution >= 4 is 28.9 Å². The minimum atomic E-state index is -0.465. The molecule has 27 heavy (non-hydrogen) atoms. The minimum absolute atomic E-state index is 0.0816. The monoisotopic (exact) mass is 381 g/mol. The van der Waals surface area contributed by atoms with Crippen LogP contribution in [-0.2, 0) is 6.54 Å². The van der Waals surface area contributed by atoms with Crippen LogP contribution in [0.15, 0.2) is 71.7 Å². The van der Waals surface area contributed by atoms with Crippen LogP contribution in [0.3, 0.4) is 0 Å². The minimum Gasteiger partial charge on any atom is -0.376 e. The Morgan fingerprint density at radius 2 is 1.81 bits per heavy atom. The van der Waals surface area contributed by atoms with E-state index in [-0.39, 0.29) is 11.1 Å². The maximum absolute atomic E-state index is 12.8. The molecule has 3 rings (SSSR count). The van der Waals surface area contributed by atoms with Gasteiger partial charge in [-0.15, -0.1) is 0 Å². The highest BCUT2D eigenvalue weighted by Crippen LogP contribution is 2.28. The SMILES string of the molecule is CN(C)c1ccc(Cl)cc1NC(=O)c1cccn(Cc2ccccc2)c1=O. The summed E-state index contributed by atoms with van der Waals surface area (Å²) >= 11 is 6.06. The molecule has 0 fully saturated rings. The highest BCUT2D eigenvalue weighted by molar-refractivity contribution is 6.31. The van der Waals surface area contributed by atoms with Crippen LogP contribution in [0, 0.1) is 0 Å². The van der Waals surface area contributed by atoms with E-state index < -0.39 is 5.91 Å². The fraction of sp³-hybridized carbons (Fsp3) is 0.143. The molecule has 2 aromatic carbocycles. The lowest BCUT2D eigenvalue weighted by molar-refractivity contribution is 0.102. The molecule has 0 aliphatic heterocycles. The summed E-state index contributed by atoms with van der Waals surface area (Å²) in [6.07, 6.45) is 1.68. The molecule has 0 radical (unpaired) electrons. The number of pyridine rings is 1. The topological polar surface area (TPSA) is 54.3 Å². The van der Waals surface area contributed by atoms with E-state index in [9.17, 15) is 9.59 Å². The molecule has 0 atom stereocenters. The summed E-state index contributed by atoms with van der Waals surface area (Å²) < 4.78 is 1.52. The molecule has 1 N–H and O–H groups in total. The van der Waals surface area contributed by atoms with E-state index in [1.807, 2.05) is 55.4 Å². The Morgan fingerprint density at radius 3 is 2.52 bits per heavy atom. The molecular formula is C21H20ClN3O2. The lowest BCUT2D eigenvalue weighted by atomic mass is 10.2. The molecule has 138 valence electrons. The van der Waals surface area contributed by atoms with Gasteiger partial charge in [0.05, 0.1) is 17.9 Å². The molecule has 0 unspecified atom stereocenters. The molecule has 0 aliphatic rings. The number of hydrogen-bond donors (Lipinski definition) is 1. The predicted octanol–water partition coefficient (Wildman–Crippen LogP) is 3.87. The van der Waals surface area contributed by atoms with E-state index in [1.165, 1.54) is 10.6 Å². The molecule has 0 saturated heterocycles. The Morgan fingerprint density at radius 1 is 1.07 bits per heavy atom. The molecule has 0 spiro atoms. The van der Waals surface area contributed by atoms with Gasteiger partial charge in [-0.1, -0.05) is 41.9 Å². The number of carbonyl (C=O) groups is 1. The van der Waals surface area contributed by atoms with Gasteiger partial charge in [-0.05, 0) is 35.9 Å². The zero-order valence-electron chi connectivity index (χ0n) is 15.1. The normalized spacial score (nSPS) is 10.5. The number of rotatable bonds is 5. The van der Waals surface area contributed by atoms with Crippen molar-refractivity contribution in [3.8, 4) is 0 Å². The van der Waals surface area contributed by atoms with Crippen LogP contribution in [-0.4, -0.2) is 24.6 Å². The fourth-order valence-corrected chi connectivity index (χ4v) is 2.97. The van der Waals surface area contributed by atoms with Crippen LogP contribution < -0.4 is 15.8 Å². The molecule has 0 bridgehead atoms. The number of amides is 1. The first kappa shape index (κ1) is 18.7. The summed E-state index contributed by atoms with van der Waals surface area (Å²) in [7, 11) is 3.74. The van der Waals surface area contributed by atoms with Gasteiger partial charge in [0.1, 0.15) is 5.56 Å². The number of benzene rings is 2. The standard InChI is InChI=1S/C21H20ClN3O2/c1-24(2)19-11-10-16(22)13-18(19)23-20(26)17-9-6-12-25(21(17)27)14-15-7-4-3-5-8-15/h3-13H,14H2,1-2H3,(H,23,26). The molecule has 1 amide bonds. The van der Waals surface area contributed by atoms with E-state index in [1.54, 1.807) is 24.4 Å². The van der Waals surface area contributed by atoms with Crippen molar-refractivity contribution in [2.45, 2.75) is 6.54 Å². The Kier molecular flexibility index (Phi) is 5.62. The number of aromatic nitrogens is 1. The van der Waals surface area contributed by atoms with E-state index in [2.05, 4.69) is 5.32 Å². The number of carbonyl (C=O) groups excluding carboxylic acids is 1. The van der Waals surface area contributed by atoms with Crippen LogP contribution in [0.2, 0.25) is 5.02 Å². The van der Waals surface area contributed by atoms with E-state index >= 15 is 0 Å². The molecule has 6 heteroatoms. The quantitative estimate of drug-likeness (QED) is 0.730. The first-order valence-electron chi connectivity index (χ1n) is 8.47. The van der Waals surface area contributed by atoms with Gasteiger partial charge in [-0.2, -0.15) is 0 Å². The van der Waals surface area contributed by atoms with Crippen molar-refractivity contribution in [1.82, 2.24) is 4.57 Å². The third kappa shape index (κ3) is 4.38. The van der Waals surface area contributed by atoms with E-state index in [4.69, 9.17) is 11.6 Å². The lowest BCUT2D eigenvalue weighted by Gasteiger charge is -2.18. The number of anilines is 2. The van der Waals surface area contributed by atoms with Crippen molar-refractivity contribution in [3.05, 3.63) is 93.4 Å². The van der Waals surface area contributed by atoms with Crippen LogP contribution >= 0.6 is 11.6 Å². The molecule has 1 heterocycles. The summed E-state index contributed by atoms with van der Waals surface area (Å²) in [5, 5.41) is 3.31. The van der Waals surface area contributed by atoms with Gasteiger partial charge in [0, 0.05) is 25.3 Å². The predicted molar refractivity (Wildman–Crippen MR) is 110 cm³/mol. The van der Waals surface area contributed by atoms with Crippen molar-refractivity contribution in [1.29, 1.82) is 0 Å². The second-order valence-electron chi connectivity index (χ2n) is 6.35. The van der Waals surface area contributed by atoms with Gasteiger partial charge in [-0.3, -0.25) is 9.59 Å². The summed E-state index contributed by atoms with van der Waals surface area (Å²) in [5.41, 5.74) is 2.08. The molecule has 3 aromatic rings. The van der Waals surface area contributed by atoms with Gasteiger partial charge in [0.2, 0.25) is 0 Å². The van der Waals surface area contributed by atoms with Crippen molar-refractivity contribution in [2.24, 2.45) is 0 Å². The summed E-state index contributed by atoms with van der Waals surface area (Å²) in [6.45, 7) is 0.404. The zero-order valence-corrected chi connectivity index (χ0v) is 15.9. The Hall–Kier alpha value is -3.05. The van der Waals surface area contributed by atoms with Crippen LogP contribution in [0.4, 0.5) is 11.4 Å². The van der Waals surface area contributed by atoms with Crippen LogP contribution in [0.1, 0.15) is 15.9 Å². The van der Waals surface area contributed by atoms with Crippen molar-refractivity contribution in [3.63, 3.8) is 0 Å². The van der Waals surface area contributed by atoms with E-state index in [0.717, 1.165) is 11.3 Å². The van der Waals surface area contributed by atoms with Gasteiger partial charge >= 0.3 is 0 Å². The summed E-state index contributed by atoms with van der Waals surface area (Å²) in [6, 6.07) is 18.1. The summed E-state index contributed by atoms with van der Waals surface area (Å²) in [4.78, 5) is 27.4. The molecule has 0 aliphatic carbocycles. The van der Waals surface area contributed by atoms with Crippen LogP contribution in [0.25, 0.3) is 0 Å². The summed E-state index contributed by atoms with van der Waals surface area (Å²) in [5.74, 6) is -0.465. The maximum Gasteiger partial charge on any atom is 0.263 e. The molecular weight excluding hydrogens is 362 g/mol. The average Bonchev–Trinajstić information content (AvgIpc) is 2.64. The Labute approximate surface area is 162 Å². The first-order chi connectivity index (χ1) is 13.0. The molecule has 5 nitrogen and oxygen atoms in total. The Balaban J connectivity index is 1.89. The van der Waals surface area contributed by atoms with Gasteiger partial charge in [0.25, 0.3) is 11.5 Å². The van der Waals surface area contributed by atoms with E-state index in [0.29, 0.717) is 17.3 Å². The second-order valence-corrected chi connectivity index (χ2v) is 6.79. The smallest absolute Gasteiger partial charge is 0.263 e. The maximum atomic E-state index is 12.8. The highest BCUT2D eigenvalue weighted by atomic mass is 35.5. The highest BCUT2D eigenvalue weighted by Gasteiger charge is 2.15. The Bertz CT molecular complexity index is 1010. The van der Waals surface area contributed by atoms with Gasteiger partial charge in [0.15, 0.2) is 0 Å².